The number of hydrogen-bond acceptors (Lipinski definition) is 2. The number of amides is 2. The Morgan fingerprint density at radius 1 is 0.889 bits per heavy atom. The smallest absolute Gasteiger partial charge is 0.326 e. The van der Waals surface area contributed by atoms with Crippen molar-refractivity contribution in [2.24, 2.45) is 0 Å². The predicted octanol–water partition coefficient (Wildman–Crippen LogP) is 4.80. The maximum atomic E-state index is 12.7. The van der Waals surface area contributed by atoms with Gasteiger partial charge in [0, 0.05) is 11.4 Å². The first-order chi connectivity index (χ1) is 12.7. The first-order valence-electron chi connectivity index (χ1n) is 8.62. The second kappa shape index (κ2) is 8.70. The fourth-order valence-electron chi connectivity index (χ4n) is 2.71. The molecule has 0 aliphatic heterocycles. The second-order valence-electron chi connectivity index (χ2n) is 6.01. The Hall–Kier alpha value is -2.83. The number of nitrogens with one attached hydrogen (secondary N) is 2. The van der Waals surface area contributed by atoms with Gasteiger partial charge >= 0.3 is 6.18 Å². The quantitative estimate of drug-likeness (QED) is 0.710. The maximum Gasteiger partial charge on any atom is 0.416 e. The summed E-state index contributed by atoms with van der Waals surface area (Å²) in [5.74, 6) is -1.20. The zero-order chi connectivity index (χ0) is 20.0. The minimum absolute atomic E-state index is 0.00849. The molecule has 0 saturated heterocycles. The minimum Gasteiger partial charge on any atom is -0.326 e. The van der Waals surface area contributed by atoms with Crippen LogP contribution in [0.2, 0.25) is 0 Å². The zero-order valence-corrected chi connectivity index (χ0v) is 15.1. The third-order valence-corrected chi connectivity index (χ3v) is 4.06. The van der Waals surface area contributed by atoms with Gasteiger partial charge < -0.3 is 10.6 Å². The van der Waals surface area contributed by atoms with E-state index in [1.54, 1.807) is 0 Å². The Morgan fingerprint density at radius 3 is 2.00 bits per heavy atom. The molecule has 0 aromatic heterocycles. The molecule has 0 radical (unpaired) electrons. The van der Waals surface area contributed by atoms with Gasteiger partial charge in [-0.25, -0.2) is 0 Å². The lowest BCUT2D eigenvalue weighted by Gasteiger charge is -2.14. The molecule has 7 heteroatoms. The van der Waals surface area contributed by atoms with Crippen molar-refractivity contribution in [3.8, 4) is 0 Å². The molecule has 0 spiro atoms. The fourth-order valence-corrected chi connectivity index (χ4v) is 2.71. The van der Waals surface area contributed by atoms with Crippen LogP contribution in [0.3, 0.4) is 0 Å². The Labute approximate surface area is 155 Å². The number of benzene rings is 2. The standard InChI is InChI=1S/C20H21F3N2O2/c1-3-13-7-5-8-14(4-2)19(13)25-18(27)12-17(26)24-16-10-6-9-15(11-16)20(21,22)23/h5-11H,3-4,12H2,1-2H3,(H,24,26)(H,25,27). The van der Waals surface area contributed by atoms with Crippen LogP contribution in [0, 0.1) is 0 Å². The molecular formula is C20H21F3N2O2. The van der Waals surface area contributed by atoms with Crippen molar-refractivity contribution in [1.29, 1.82) is 0 Å². The lowest BCUT2D eigenvalue weighted by atomic mass is 10.0. The molecule has 0 aliphatic carbocycles. The summed E-state index contributed by atoms with van der Waals surface area (Å²) in [5.41, 5.74) is 1.74. The SMILES string of the molecule is CCc1cccc(CC)c1NC(=O)CC(=O)Nc1cccc(C(F)(F)F)c1. The van der Waals surface area contributed by atoms with E-state index >= 15 is 0 Å². The number of alkyl halides is 3. The topological polar surface area (TPSA) is 58.2 Å². The average molecular weight is 378 g/mol. The molecule has 0 bridgehead atoms. The van der Waals surface area contributed by atoms with Crippen molar-refractivity contribution < 1.29 is 22.8 Å². The number of hydrogen-bond donors (Lipinski definition) is 2. The third kappa shape index (κ3) is 5.57. The van der Waals surface area contributed by atoms with Crippen molar-refractivity contribution >= 4 is 23.2 Å². The van der Waals surface area contributed by atoms with Gasteiger partial charge in [0.05, 0.1) is 5.56 Å². The maximum absolute atomic E-state index is 12.7. The Balaban J connectivity index is 2.04. The molecule has 0 heterocycles. The highest BCUT2D eigenvalue weighted by Gasteiger charge is 2.30. The van der Waals surface area contributed by atoms with Crippen LogP contribution in [0.15, 0.2) is 42.5 Å². The van der Waals surface area contributed by atoms with E-state index in [0.29, 0.717) is 5.69 Å². The van der Waals surface area contributed by atoms with Crippen LogP contribution in [0.25, 0.3) is 0 Å². The molecule has 2 N–H and O–H groups in total. The fraction of sp³-hybridized carbons (Fsp3) is 0.300. The van der Waals surface area contributed by atoms with E-state index in [9.17, 15) is 22.8 Å². The van der Waals surface area contributed by atoms with Gasteiger partial charge in [-0.15, -0.1) is 0 Å². The van der Waals surface area contributed by atoms with E-state index in [-0.39, 0.29) is 5.69 Å². The third-order valence-electron chi connectivity index (χ3n) is 4.06. The number of aryl methyl sites for hydroxylation is 2. The molecular weight excluding hydrogens is 357 g/mol. The van der Waals surface area contributed by atoms with Gasteiger partial charge in [-0.2, -0.15) is 13.2 Å². The van der Waals surface area contributed by atoms with E-state index in [2.05, 4.69) is 10.6 Å². The molecule has 0 fully saturated rings. The van der Waals surface area contributed by atoms with Gasteiger partial charge in [-0.05, 0) is 42.2 Å². The van der Waals surface area contributed by atoms with Crippen molar-refractivity contribution in [2.45, 2.75) is 39.3 Å². The number of carbonyl (C=O) groups is 2. The number of halogens is 3. The predicted molar refractivity (Wildman–Crippen MR) is 98.5 cm³/mol. The first kappa shape index (κ1) is 20.5. The summed E-state index contributed by atoms with van der Waals surface area (Å²) in [6.45, 7) is 3.93. The Bertz CT molecular complexity index is 810. The summed E-state index contributed by atoms with van der Waals surface area (Å²) in [6, 6.07) is 9.99. The molecule has 2 amide bonds. The summed E-state index contributed by atoms with van der Waals surface area (Å²) in [6.07, 6.45) is -3.55. The molecule has 144 valence electrons. The summed E-state index contributed by atoms with van der Waals surface area (Å²) < 4.78 is 38.2. The number of anilines is 2. The average Bonchev–Trinajstić information content (AvgIpc) is 2.61. The summed E-state index contributed by atoms with van der Waals surface area (Å²) in [4.78, 5) is 24.3. The van der Waals surface area contributed by atoms with E-state index in [0.717, 1.165) is 36.1 Å². The number of para-hydroxylation sites is 1. The molecule has 0 saturated carbocycles. The van der Waals surface area contributed by atoms with Crippen molar-refractivity contribution in [1.82, 2.24) is 0 Å². The molecule has 2 aromatic rings. The molecule has 0 aliphatic rings. The molecule has 2 rings (SSSR count). The normalized spacial score (nSPS) is 11.1. The van der Waals surface area contributed by atoms with Gasteiger partial charge in [0.1, 0.15) is 6.42 Å². The highest BCUT2D eigenvalue weighted by Crippen LogP contribution is 2.30. The van der Waals surface area contributed by atoms with Crippen LogP contribution in [0.4, 0.5) is 24.5 Å². The summed E-state index contributed by atoms with van der Waals surface area (Å²) in [7, 11) is 0. The summed E-state index contributed by atoms with van der Waals surface area (Å²) >= 11 is 0. The highest BCUT2D eigenvalue weighted by molar-refractivity contribution is 6.08. The van der Waals surface area contributed by atoms with Crippen LogP contribution in [-0.4, -0.2) is 11.8 Å². The Kier molecular flexibility index (Phi) is 6.60. The Morgan fingerprint density at radius 2 is 1.44 bits per heavy atom. The lowest BCUT2D eigenvalue weighted by molar-refractivity contribution is -0.137. The molecule has 0 atom stereocenters. The lowest BCUT2D eigenvalue weighted by Crippen LogP contribution is -2.22. The van der Waals surface area contributed by atoms with Gasteiger partial charge in [0.25, 0.3) is 0 Å². The van der Waals surface area contributed by atoms with Crippen molar-refractivity contribution in [2.75, 3.05) is 10.6 Å². The first-order valence-corrected chi connectivity index (χ1v) is 8.62. The van der Waals surface area contributed by atoms with Crippen LogP contribution in [0.5, 0.6) is 0 Å². The molecule has 27 heavy (non-hydrogen) atoms. The van der Waals surface area contributed by atoms with E-state index in [1.165, 1.54) is 12.1 Å². The van der Waals surface area contributed by atoms with Crippen LogP contribution < -0.4 is 10.6 Å². The molecule has 2 aromatic carbocycles. The highest BCUT2D eigenvalue weighted by atomic mass is 19.4. The van der Waals surface area contributed by atoms with Gasteiger partial charge in [-0.1, -0.05) is 38.1 Å². The van der Waals surface area contributed by atoms with Crippen molar-refractivity contribution in [3.05, 3.63) is 59.2 Å². The monoisotopic (exact) mass is 378 g/mol. The molecule has 0 unspecified atom stereocenters. The van der Waals surface area contributed by atoms with Crippen LogP contribution >= 0.6 is 0 Å². The summed E-state index contributed by atoms with van der Waals surface area (Å²) in [5, 5.41) is 5.08. The molecule has 4 nitrogen and oxygen atoms in total. The van der Waals surface area contributed by atoms with E-state index in [4.69, 9.17) is 0 Å². The van der Waals surface area contributed by atoms with Crippen LogP contribution in [-0.2, 0) is 28.6 Å². The van der Waals surface area contributed by atoms with Gasteiger partial charge in [-0.3, -0.25) is 9.59 Å². The van der Waals surface area contributed by atoms with E-state index in [1.807, 2.05) is 32.0 Å². The van der Waals surface area contributed by atoms with Crippen LogP contribution in [0.1, 0.15) is 37.0 Å². The van der Waals surface area contributed by atoms with Gasteiger partial charge in [0.15, 0.2) is 0 Å². The van der Waals surface area contributed by atoms with Gasteiger partial charge in [0.2, 0.25) is 11.8 Å². The number of carbonyl (C=O) groups excluding carboxylic acids is 2. The zero-order valence-electron chi connectivity index (χ0n) is 15.1. The minimum atomic E-state index is -4.50. The van der Waals surface area contributed by atoms with Crippen molar-refractivity contribution in [3.63, 3.8) is 0 Å². The number of rotatable bonds is 6. The second-order valence-corrected chi connectivity index (χ2v) is 6.01. The van der Waals surface area contributed by atoms with E-state index < -0.39 is 30.0 Å². The largest absolute Gasteiger partial charge is 0.416 e.